The number of benzene rings is 1. The van der Waals surface area contributed by atoms with Crippen LogP contribution in [0.2, 0.25) is 0 Å². The Labute approximate surface area is 125 Å². The number of ether oxygens (including phenoxy) is 1. The molecule has 0 spiro atoms. The number of hydrogen-bond donors (Lipinski definition) is 1. The highest BCUT2D eigenvalue weighted by Gasteiger charge is 2.39. The monoisotopic (exact) mass is 340 g/mol. The minimum absolute atomic E-state index is 0.328. The SMILES string of the molecule is Cn1nc(C(F)(F)F)c(CO)c1Oc1cccc(C(F)(F)F)c1. The molecular weight excluding hydrogens is 330 g/mol. The van der Waals surface area contributed by atoms with Gasteiger partial charge >= 0.3 is 12.4 Å². The van der Waals surface area contributed by atoms with Crippen LogP contribution in [0.1, 0.15) is 16.8 Å². The second kappa shape index (κ2) is 5.76. The van der Waals surface area contributed by atoms with Gasteiger partial charge in [-0.2, -0.15) is 31.4 Å². The summed E-state index contributed by atoms with van der Waals surface area (Å²) >= 11 is 0. The van der Waals surface area contributed by atoms with Gasteiger partial charge in [0, 0.05) is 7.05 Å². The summed E-state index contributed by atoms with van der Waals surface area (Å²) in [5.74, 6) is -0.814. The number of alkyl halides is 6. The quantitative estimate of drug-likeness (QED) is 0.866. The molecule has 0 saturated heterocycles. The Morgan fingerprint density at radius 3 is 2.30 bits per heavy atom. The first-order valence-corrected chi connectivity index (χ1v) is 6.13. The fraction of sp³-hybridized carbons (Fsp3) is 0.308. The van der Waals surface area contributed by atoms with Crippen molar-refractivity contribution < 1.29 is 36.2 Å². The maximum atomic E-state index is 12.8. The molecule has 1 N–H and O–H groups in total. The van der Waals surface area contributed by atoms with Crippen LogP contribution >= 0.6 is 0 Å². The minimum atomic E-state index is -4.83. The summed E-state index contributed by atoms with van der Waals surface area (Å²) in [4.78, 5) is 0. The van der Waals surface area contributed by atoms with Crippen LogP contribution in [0.5, 0.6) is 11.6 Å². The summed E-state index contributed by atoms with van der Waals surface area (Å²) in [5, 5.41) is 12.3. The number of hydrogen-bond acceptors (Lipinski definition) is 3. The highest BCUT2D eigenvalue weighted by atomic mass is 19.4. The van der Waals surface area contributed by atoms with E-state index in [0.717, 1.165) is 25.2 Å². The zero-order valence-electron chi connectivity index (χ0n) is 11.5. The number of aliphatic hydroxyl groups is 1. The number of aromatic nitrogens is 2. The van der Waals surface area contributed by atoms with E-state index in [4.69, 9.17) is 9.84 Å². The van der Waals surface area contributed by atoms with Crippen molar-refractivity contribution in [1.29, 1.82) is 0 Å². The molecule has 0 atom stereocenters. The summed E-state index contributed by atoms with van der Waals surface area (Å²) in [7, 11) is 1.12. The topological polar surface area (TPSA) is 47.3 Å². The Kier molecular flexibility index (Phi) is 4.29. The van der Waals surface area contributed by atoms with Gasteiger partial charge in [-0.15, -0.1) is 0 Å². The van der Waals surface area contributed by atoms with E-state index in [-0.39, 0.29) is 5.75 Å². The number of aryl methyl sites for hydroxylation is 1. The van der Waals surface area contributed by atoms with E-state index in [0.29, 0.717) is 10.7 Å². The van der Waals surface area contributed by atoms with Crippen molar-refractivity contribution in [2.45, 2.75) is 19.0 Å². The molecule has 0 aliphatic heterocycles. The third-order valence-corrected chi connectivity index (χ3v) is 2.89. The first-order chi connectivity index (χ1) is 10.5. The number of aliphatic hydroxyl groups excluding tert-OH is 1. The molecule has 23 heavy (non-hydrogen) atoms. The van der Waals surface area contributed by atoms with Gasteiger partial charge in [-0.3, -0.25) is 0 Å². The lowest BCUT2D eigenvalue weighted by molar-refractivity contribution is -0.142. The molecule has 0 bridgehead atoms. The molecule has 0 saturated carbocycles. The van der Waals surface area contributed by atoms with Gasteiger partial charge in [0.15, 0.2) is 5.69 Å². The Bertz CT molecular complexity index is 705. The highest BCUT2D eigenvalue weighted by molar-refractivity contribution is 5.38. The molecule has 1 heterocycles. The van der Waals surface area contributed by atoms with Crippen molar-refractivity contribution in [3.8, 4) is 11.6 Å². The van der Waals surface area contributed by atoms with Crippen molar-refractivity contribution in [3.63, 3.8) is 0 Å². The maximum absolute atomic E-state index is 12.8. The van der Waals surface area contributed by atoms with Gasteiger partial charge in [-0.25, -0.2) is 4.68 Å². The molecule has 126 valence electrons. The first-order valence-electron chi connectivity index (χ1n) is 6.13. The highest BCUT2D eigenvalue weighted by Crippen LogP contribution is 2.38. The third kappa shape index (κ3) is 3.58. The number of halogens is 6. The molecule has 2 aromatic rings. The van der Waals surface area contributed by atoms with Crippen LogP contribution in [0, 0.1) is 0 Å². The molecule has 10 heteroatoms. The van der Waals surface area contributed by atoms with E-state index in [1.165, 1.54) is 0 Å². The molecule has 1 aromatic heterocycles. The molecule has 0 fully saturated rings. The summed E-state index contributed by atoms with van der Waals surface area (Å²) in [6, 6.07) is 3.64. The first kappa shape index (κ1) is 17.1. The largest absolute Gasteiger partial charge is 0.439 e. The van der Waals surface area contributed by atoms with E-state index in [9.17, 15) is 26.3 Å². The van der Waals surface area contributed by atoms with Crippen molar-refractivity contribution in [2.24, 2.45) is 7.05 Å². The molecule has 0 amide bonds. The second-order valence-electron chi connectivity index (χ2n) is 4.54. The van der Waals surface area contributed by atoms with Crippen molar-refractivity contribution in [3.05, 3.63) is 41.1 Å². The van der Waals surface area contributed by atoms with Gasteiger partial charge in [0.1, 0.15) is 5.75 Å². The Morgan fingerprint density at radius 1 is 1.13 bits per heavy atom. The number of nitrogens with zero attached hydrogens (tertiary/aromatic N) is 2. The molecule has 2 rings (SSSR count). The normalized spacial score (nSPS) is 12.5. The van der Waals surface area contributed by atoms with Crippen LogP contribution < -0.4 is 4.74 Å². The smallest absolute Gasteiger partial charge is 0.435 e. The average Bonchev–Trinajstić information content (AvgIpc) is 2.75. The molecule has 0 radical (unpaired) electrons. The second-order valence-corrected chi connectivity index (χ2v) is 4.54. The van der Waals surface area contributed by atoms with Crippen molar-refractivity contribution in [2.75, 3.05) is 0 Å². The molecular formula is C13H10F6N2O2. The van der Waals surface area contributed by atoms with Crippen LogP contribution in [-0.4, -0.2) is 14.9 Å². The Hall–Kier alpha value is -2.23. The van der Waals surface area contributed by atoms with E-state index in [2.05, 4.69) is 5.10 Å². The van der Waals surface area contributed by atoms with Gasteiger partial charge in [0.25, 0.3) is 0 Å². The Morgan fingerprint density at radius 2 is 1.78 bits per heavy atom. The maximum Gasteiger partial charge on any atom is 0.435 e. The summed E-state index contributed by atoms with van der Waals surface area (Å²) < 4.78 is 82.1. The predicted molar refractivity (Wildman–Crippen MR) is 65.7 cm³/mol. The zero-order valence-corrected chi connectivity index (χ0v) is 11.5. The van der Waals surface area contributed by atoms with Gasteiger partial charge in [-0.1, -0.05) is 6.07 Å². The average molecular weight is 340 g/mol. The lowest BCUT2D eigenvalue weighted by atomic mass is 10.2. The van der Waals surface area contributed by atoms with E-state index in [1.807, 2.05) is 0 Å². The third-order valence-electron chi connectivity index (χ3n) is 2.89. The standard InChI is InChI=1S/C13H10F6N2O2/c1-21-11(9(6-22)10(20-21)13(17,18)19)23-8-4-2-3-7(5-8)12(14,15)16/h2-5,22H,6H2,1H3. The van der Waals surface area contributed by atoms with Crippen LogP contribution in [-0.2, 0) is 26.0 Å². The zero-order chi connectivity index (χ0) is 17.4. The molecule has 1 aromatic carbocycles. The summed E-state index contributed by atoms with van der Waals surface area (Å²) in [5.41, 5.74) is -3.03. The number of rotatable bonds is 3. The summed E-state index contributed by atoms with van der Waals surface area (Å²) in [6.45, 7) is -1.03. The molecule has 0 aliphatic carbocycles. The van der Waals surface area contributed by atoms with Gasteiger partial charge in [0.05, 0.1) is 17.7 Å². The fourth-order valence-corrected chi connectivity index (χ4v) is 1.90. The fourth-order valence-electron chi connectivity index (χ4n) is 1.90. The minimum Gasteiger partial charge on any atom is -0.439 e. The van der Waals surface area contributed by atoms with Crippen LogP contribution in [0.25, 0.3) is 0 Å². The van der Waals surface area contributed by atoms with E-state index < -0.39 is 41.7 Å². The van der Waals surface area contributed by atoms with Crippen LogP contribution in [0.15, 0.2) is 24.3 Å². The lowest BCUT2D eigenvalue weighted by Crippen LogP contribution is -2.09. The van der Waals surface area contributed by atoms with Crippen LogP contribution in [0.4, 0.5) is 26.3 Å². The van der Waals surface area contributed by atoms with Crippen molar-refractivity contribution in [1.82, 2.24) is 9.78 Å². The lowest BCUT2D eigenvalue weighted by Gasteiger charge is -2.11. The van der Waals surface area contributed by atoms with Gasteiger partial charge in [0.2, 0.25) is 5.88 Å². The predicted octanol–water partition coefficient (Wildman–Crippen LogP) is 3.74. The molecule has 4 nitrogen and oxygen atoms in total. The van der Waals surface area contributed by atoms with Gasteiger partial charge in [-0.05, 0) is 18.2 Å². The molecule has 0 aliphatic rings. The Balaban J connectivity index is 2.43. The van der Waals surface area contributed by atoms with E-state index in [1.54, 1.807) is 0 Å². The molecule has 0 unspecified atom stereocenters. The van der Waals surface area contributed by atoms with Gasteiger partial charge < -0.3 is 9.84 Å². The van der Waals surface area contributed by atoms with Crippen molar-refractivity contribution >= 4 is 0 Å². The summed E-state index contributed by atoms with van der Waals surface area (Å²) in [6.07, 6.45) is -9.45. The van der Waals surface area contributed by atoms with Crippen LogP contribution in [0.3, 0.4) is 0 Å². The van der Waals surface area contributed by atoms with E-state index >= 15 is 0 Å².